The Labute approximate surface area is 162 Å². The lowest BCUT2D eigenvalue weighted by Gasteiger charge is -2.22. The molecule has 2 aromatic heterocycles. The molecule has 28 heavy (non-hydrogen) atoms. The van der Waals surface area contributed by atoms with Crippen molar-refractivity contribution >= 4 is 0 Å². The molecule has 2 aliphatic rings. The number of imidazole rings is 1. The van der Waals surface area contributed by atoms with Crippen LogP contribution in [0.15, 0.2) is 49.1 Å². The molecule has 0 spiro atoms. The molecule has 0 amide bonds. The predicted octanol–water partition coefficient (Wildman–Crippen LogP) is 3.11. The van der Waals surface area contributed by atoms with Gasteiger partial charge in [0, 0.05) is 36.8 Å². The van der Waals surface area contributed by atoms with E-state index in [0.717, 1.165) is 24.4 Å². The molecule has 2 atom stereocenters. The number of benzene rings is 1. The van der Waals surface area contributed by atoms with Crippen molar-refractivity contribution in [1.29, 1.82) is 0 Å². The van der Waals surface area contributed by atoms with Crippen molar-refractivity contribution in [2.75, 3.05) is 27.1 Å². The van der Waals surface area contributed by atoms with Crippen molar-refractivity contribution in [3.8, 4) is 28.6 Å². The number of nitrogens with zero attached hydrogens (tertiary/aromatic N) is 3. The van der Waals surface area contributed by atoms with Crippen LogP contribution in [0.25, 0.3) is 11.4 Å². The van der Waals surface area contributed by atoms with Crippen LogP contribution in [0.3, 0.4) is 0 Å². The maximum atomic E-state index is 5.85. The van der Waals surface area contributed by atoms with Crippen LogP contribution in [-0.4, -0.2) is 41.7 Å². The second-order valence-electron chi connectivity index (χ2n) is 6.99. The molecule has 0 N–H and O–H groups in total. The van der Waals surface area contributed by atoms with E-state index in [0.29, 0.717) is 29.8 Å². The molecule has 7 heteroatoms. The van der Waals surface area contributed by atoms with Gasteiger partial charge in [-0.1, -0.05) is 0 Å². The minimum atomic E-state index is 0.195. The Balaban J connectivity index is 1.49. The average molecular weight is 379 g/mol. The van der Waals surface area contributed by atoms with E-state index in [4.69, 9.17) is 18.9 Å². The maximum Gasteiger partial charge on any atom is 0.231 e. The summed E-state index contributed by atoms with van der Waals surface area (Å²) in [7, 11) is 1.65. The van der Waals surface area contributed by atoms with E-state index in [2.05, 4.69) is 26.7 Å². The summed E-state index contributed by atoms with van der Waals surface area (Å²) in [5.41, 5.74) is 2.14. The Morgan fingerprint density at radius 2 is 1.93 bits per heavy atom. The van der Waals surface area contributed by atoms with Gasteiger partial charge in [0.15, 0.2) is 11.5 Å². The number of rotatable bonds is 5. The first-order chi connectivity index (χ1) is 13.8. The van der Waals surface area contributed by atoms with Gasteiger partial charge in [-0.3, -0.25) is 4.98 Å². The largest absolute Gasteiger partial charge is 0.496 e. The zero-order valence-electron chi connectivity index (χ0n) is 15.6. The molecule has 0 aliphatic carbocycles. The Kier molecular flexibility index (Phi) is 4.37. The number of aromatic nitrogens is 3. The number of methoxy groups -OCH3 is 1. The predicted molar refractivity (Wildman–Crippen MR) is 102 cm³/mol. The molecule has 7 nitrogen and oxygen atoms in total. The summed E-state index contributed by atoms with van der Waals surface area (Å²) in [6.07, 6.45) is 8.43. The standard InChI is InChI=1S/C21H21N3O4/c1-25-18-10-20-19(27-13-28-20)9-16(18)21-23-6-7-24(21)17-12-26-11-15(17)8-14-2-4-22-5-3-14/h2-7,9-10,15,17H,8,11-13H2,1H3/t15-,17-/m1/s1. The monoisotopic (exact) mass is 379 g/mol. The van der Waals surface area contributed by atoms with Crippen molar-refractivity contribution in [2.24, 2.45) is 5.92 Å². The zero-order chi connectivity index (χ0) is 18.9. The second kappa shape index (κ2) is 7.16. The quantitative estimate of drug-likeness (QED) is 0.679. The molecule has 5 rings (SSSR count). The average Bonchev–Trinajstić information content (AvgIpc) is 3.47. The van der Waals surface area contributed by atoms with E-state index in [1.54, 1.807) is 7.11 Å². The summed E-state index contributed by atoms with van der Waals surface area (Å²) < 4.78 is 24.7. The molecule has 0 unspecified atom stereocenters. The highest BCUT2D eigenvalue weighted by Gasteiger charge is 2.32. The fourth-order valence-electron chi connectivity index (χ4n) is 3.97. The lowest BCUT2D eigenvalue weighted by atomic mass is 9.95. The smallest absolute Gasteiger partial charge is 0.231 e. The van der Waals surface area contributed by atoms with Crippen LogP contribution in [-0.2, 0) is 11.2 Å². The molecule has 0 radical (unpaired) electrons. The van der Waals surface area contributed by atoms with E-state index < -0.39 is 0 Å². The van der Waals surface area contributed by atoms with Crippen LogP contribution in [0, 0.1) is 5.92 Å². The normalized spacial score (nSPS) is 20.5. The fourth-order valence-corrected chi connectivity index (χ4v) is 3.97. The van der Waals surface area contributed by atoms with Crippen LogP contribution in [0.2, 0.25) is 0 Å². The Hall–Kier alpha value is -3.06. The third kappa shape index (κ3) is 2.97. The molecule has 3 aromatic rings. The van der Waals surface area contributed by atoms with Crippen LogP contribution < -0.4 is 14.2 Å². The Morgan fingerprint density at radius 3 is 2.75 bits per heavy atom. The molecule has 0 bridgehead atoms. The molecule has 1 saturated heterocycles. The minimum absolute atomic E-state index is 0.195. The Bertz CT molecular complexity index is 973. The molecule has 144 valence electrons. The lowest BCUT2D eigenvalue weighted by molar-refractivity contribution is 0.174. The molecule has 1 fully saturated rings. The van der Waals surface area contributed by atoms with Crippen molar-refractivity contribution in [2.45, 2.75) is 12.5 Å². The molecule has 0 saturated carbocycles. The molecular weight excluding hydrogens is 358 g/mol. The summed E-state index contributed by atoms with van der Waals surface area (Å²) in [6, 6.07) is 8.11. The molecule has 2 aliphatic heterocycles. The number of hydrogen-bond acceptors (Lipinski definition) is 6. The Morgan fingerprint density at radius 1 is 1.11 bits per heavy atom. The van der Waals surface area contributed by atoms with Gasteiger partial charge in [-0.2, -0.15) is 0 Å². The number of fused-ring (bicyclic) bond motifs is 1. The second-order valence-corrected chi connectivity index (χ2v) is 6.99. The zero-order valence-corrected chi connectivity index (χ0v) is 15.6. The number of ether oxygens (including phenoxy) is 4. The maximum absolute atomic E-state index is 5.85. The molecule has 4 heterocycles. The van der Waals surface area contributed by atoms with E-state index >= 15 is 0 Å². The number of pyridine rings is 1. The van der Waals surface area contributed by atoms with Crippen LogP contribution in [0.4, 0.5) is 0 Å². The van der Waals surface area contributed by atoms with Crippen molar-refractivity contribution in [3.05, 3.63) is 54.6 Å². The SMILES string of the molecule is COc1cc2c(cc1-c1nccn1[C@@H]1COC[C@H]1Cc1ccncc1)OCO2. The van der Waals surface area contributed by atoms with Crippen LogP contribution in [0.1, 0.15) is 11.6 Å². The van der Waals surface area contributed by atoms with Gasteiger partial charge in [-0.05, 0) is 30.2 Å². The van der Waals surface area contributed by atoms with Crippen molar-refractivity contribution < 1.29 is 18.9 Å². The van der Waals surface area contributed by atoms with Gasteiger partial charge < -0.3 is 23.5 Å². The van der Waals surface area contributed by atoms with E-state index in [1.165, 1.54) is 5.56 Å². The molecule has 1 aromatic carbocycles. The highest BCUT2D eigenvalue weighted by atomic mass is 16.7. The van der Waals surface area contributed by atoms with Gasteiger partial charge in [0.1, 0.15) is 11.6 Å². The lowest BCUT2D eigenvalue weighted by Crippen LogP contribution is -2.20. The van der Waals surface area contributed by atoms with Crippen LogP contribution >= 0.6 is 0 Å². The first-order valence-electron chi connectivity index (χ1n) is 9.31. The van der Waals surface area contributed by atoms with Gasteiger partial charge >= 0.3 is 0 Å². The molecular formula is C21H21N3O4. The first-order valence-corrected chi connectivity index (χ1v) is 9.31. The minimum Gasteiger partial charge on any atom is -0.496 e. The van der Waals surface area contributed by atoms with Gasteiger partial charge in [0.25, 0.3) is 0 Å². The third-order valence-electron chi connectivity index (χ3n) is 5.37. The summed E-state index contributed by atoms with van der Waals surface area (Å²) in [6.45, 7) is 1.61. The summed E-state index contributed by atoms with van der Waals surface area (Å²) >= 11 is 0. The van der Waals surface area contributed by atoms with E-state index in [9.17, 15) is 0 Å². The highest BCUT2D eigenvalue weighted by molar-refractivity contribution is 5.70. The third-order valence-corrected chi connectivity index (χ3v) is 5.37. The van der Waals surface area contributed by atoms with Crippen molar-refractivity contribution in [1.82, 2.24) is 14.5 Å². The van der Waals surface area contributed by atoms with Crippen molar-refractivity contribution in [3.63, 3.8) is 0 Å². The highest BCUT2D eigenvalue weighted by Crippen LogP contribution is 2.43. The fraction of sp³-hybridized carbons (Fsp3) is 0.333. The topological polar surface area (TPSA) is 67.6 Å². The van der Waals surface area contributed by atoms with E-state index in [-0.39, 0.29) is 12.8 Å². The van der Waals surface area contributed by atoms with E-state index in [1.807, 2.05) is 36.9 Å². The van der Waals surface area contributed by atoms with Gasteiger partial charge in [0.05, 0.1) is 31.9 Å². The summed E-state index contributed by atoms with van der Waals surface area (Å²) in [4.78, 5) is 8.74. The number of hydrogen-bond donors (Lipinski definition) is 0. The van der Waals surface area contributed by atoms with Gasteiger partial charge in [0.2, 0.25) is 6.79 Å². The van der Waals surface area contributed by atoms with Gasteiger partial charge in [-0.15, -0.1) is 0 Å². The van der Waals surface area contributed by atoms with Crippen LogP contribution in [0.5, 0.6) is 17.2 Å². The van der Waals surface area contributed by atoms with Gasteiger partial charge in [-0.25, -0.2) is 4.98 Å². The summed E-state index contributed by atoms with van der Waals surface area (Å²) in [5, 5.41) is 0. The summed E-state index contributed by atoms with van der Waals surface area (Å²) in [5.74, 6) is 3.31. The first kappa shape index (κ1) is 17.1.